The van der Waals surface area contributed by atoms with Gasteiger partial charge in [-0.05, 0) is 42.3 Å². The van der Waals surface area contributed by atoms with E-state index in [1.807, 2.05) is 6.08 Å². The third-order valence-electron chi connectivity index (χ3n) is 4.65. The molecule has 1 N–H and O–H groups in total. The van der Waals surface area contributed by atoms with Gasteiger partial charge in [-0.3, -0.25) is 4.90 Å². The molecule has 0 bridgehead atoms. The topological polar surface area (TPSA) is 15.3 Å². The Bertz CT molecular complexity index is 727. The van der Waals surface area contributed by atoms with E-state index >= 15 is 0 Å². The van der Waals surface area contributed by atoms with E-state index in [1.54, 1.807) is 6.07 Å². The molecule has 3 rings (SSSR count). The van der Waals surface area contributed by atoms with Crippen LogP contribution in [0, 0.1) is 11.6 Å². The van der Waals surface area contributed by atoms with E-state index in [2.05, 4.69) is 48.1 Å². The highest BCUT2D eigenvalue weighted by molar-refractivity contribution is 5.29. The van der Waals surface area contributed by atoms with Crippen LogP contribution in [0.4, 0.5) is 8.78 Å². The summed E-state index contributed by atoms with van der Waals surface area (Å²) in [6.07, 6.45) is 2.87. The molecule has 25 heavy (non-hydrogen) atoms. The maximum Gasteiger partial charge on any atom is 0.159 e. The lowest BCUT2D eigenvalue weighted by Gasteiger charge is -2.14. The molecule has 0 aromatic heterocycles. The summed E-state index contributed by atoms with van der Waals surface area (Å²) in [6.45, 7) is 6.31. The fourth-order valence-electron chi connectivity index (χ4n) is 3.14. The van der Waals surface area contributed by atoms with Crippen molar-refractivity contribution in [1.82, 2.24) is 10.2 Å². The van der Waals surface area contributed by atoms with Gasteiger partial charge in [0.1, 0.15) is 0 Å². The highest BCUT2D eigenvalue weighted by Gasteiger charge is 2.38. The van der Waals surface area contributed by atoms with Crippen LogP contribution in [0.15, 0.2) is 55.1 Å². The van der Waals surface area contributed by atoms with E-state index in [1.165, 1.54) is 23.3 Å². The van der Waals surface area contributed by atoms with Crippen LogP contribution in [0.25, 0.3) is 0 Å². The maximum atomic E-state index is 13.3. The van der Waals surface area contributed by atoms with E-state index in [-0.39, 0.29) is 5.92 Å². The number of hydrogen-bond acceptors (Lipinski definition) is 2. The minimum Gasteiger partial charge on any atom is -0.309 e. The quantitative estimate of drug-likeness (QED) is 0.722. The van der Waals surface area contributed by atoms with E-state index in [0.29, 0.717) is 6.04 Å². The minimum atomic E-state index is -0.785. The summed E-state index contributed by atoms with van der Waals surface area (Å²) in [5, 5.41) is 3.50. The number of halogens is 2. The van der Waals surface area contributed by atoms with Crippen LogP contribution in [0.5, 0.6) is 0 Å². The fourth-order valence-corrected chi connectivity index (χ4v) is 3.14. The Morgan fingerprint density at radius 2 is 1.84 bits per heavy atom. The number of benzene rings is 2. The zero-order valence-corrected chi connectivity index (χ0v) is 14.5. The molecule has 2 nitrogen and oxygen atoms in total. The van der Waals surface area contributed by atoms with Gasteiger partial charge in [0.25, 0.3) is 0 Å². The Morgan fingerprint density at radius 1 is 1.12 bits per heavy atom. The van der Waals surface area contributed by atoms with Crippen LogP contribution in [0.2, 0.25) is 0 Å². The average molecular weight is 342 g/mol. The standard InChI is InChI=1S/C21H24F2N2/c1-3-10-25(2)14-16-6-4-15(5-7-16)13-24-21-12-18(21)17-8-9-19(22)20(23)11-17/h3-9,11,18,21,24H,1,10,12-14H2,2H3/t18-,21+/m0/s1. The van der Waals surface area contributed by atoms with Gasteiger partial charge in [-0.25, -0.2) is 8.78 Å². The van der Waals surface area contributed by atoms with Gasteiger partial charge < -0.3 is 5.32 Å². The molecule has 2 atom stereocenters. The van der Waals surface area contributed by atoms with Crippen LogP contribution >= 0.6 is 0 Å². The molecule has 0 heterocycles. The summed E-state index contributed by atoms with van der Waals surface area (Å²) in [5.41, 5.74) is 3.38. The van der Waals surface area contributed by atoms with Crippen molar-refractivity contribution in [2.75, 3.05) is 13.6 Å². The Morgan fingerprint density at radius 3 is 2.52 bits per heavy atom. The zero-order valence-electron chi connectivity index (χ0n) is 14.5. The molecular formula is C21H24F2N2. The number of likely N-dealkylation sites (N-methyl/N-ethyl adjacent to an activating group) is 1. The first-order valence-corrected chi connectivity index (χ1v) is 8.62. The molecule has 4 heteroatoms. The van der Waals surface area contributed by atoms with Gasteiger partial charge in [-0.1, -0.05) is 36.4 Å². The molecule has 0 aliphatic heterocycles. The predicted octanol–water partition coefficient (Wildman–Crippen LogP) is 4.23. The van der Waals surface area contributed by atoms with Gasteiger partial charge in [0.05, 0.1) is 0 Å². The molecule has 1 aliphatic carbocycles. The highest BCUT2D eigenvalue weighted by Crippen LogP contribution is 2.41. The lowest BCUT2D eigenvalue weighted by molar-refractivity contribution is 0.363. The Balaban J connectivity index is 1.48. The SMILES string of the molecule is C=CCN(C)Cc1ccc(CN[C@@H]2C[C@H]2c2ccc(F)c(F)c2)cc1. The third-order valence-corrected chi connectivity index (χ3v) is 4.65. The summed E-state index contributed by atoms with van der Waals surface area (Å²) in [5.74, 6) is -1.27. The maximum absolute atomic E-state index is 13.3. The van der Waals surface area contributed by atoms with Crippen molar-refractivity contribution >= 4 is 0 Å². The summed E-state index contributed by atoms with van der Waals surface area (Å²) in [7, 11) is 2.07. The minimum absolute atomic E-state index is 0.280. The summed E-state index contributed by atoms with van der Waals surface area (Å²) >= 11 is 0. The largest absolute Gasteiger partial charge is 0.309 e. The van der Waals surface area contributed by atoms with Gasteiger partial charge in [-0.15, -0.1) is 6.58 Å². The summed E-state index contributed by atoms with van der Waals surface area (Å²) in [6, 6.07) is 13.1. The Labute approximate surface area is 148 Å². The van der Waals surface area contributed by atoms with Crippen molar-refractivity contribution in [3.05, 3.63) is 83.4 Å². The summed E-state index contributed by atoms with van der Waals surface area (Å²) in [4.78, 5) is 2.21. The molecule has 0 unspecified atom stereocenters. The first-order chi connectivity index (χ1) is 12.1. The lowest BCUT2D eigenvalue weighted by Crippen LogP contribution is -2.18. The molecule has 0 spiro atoms. The monoisotopic (exact) mass is 342 g/mol. The zero-order chi connectivity index (χ0) is 17.8. The fraction of sp³-hybridized carbons (Fsp3) is 0.333. The molecular weight excluding hydrogens is 318 g/mol. The van der Waals surface area contributed by atoms with Gasteiger partial charge >= 0.3 is 0 Å². The molecule has 132 valence electrons. The van der Waals surface area contributed by atoms with Crippen molar-refractivity contribution in [1.29, 1.82) is 0 Å². The van der Waals surface area contributed by atoms with Gasteiger partial charge in [0.15, 0.2) is 11.6 Å². The molecule has 0 radical (unpaired) electrons. The van der Waals surface area contributed by atoms with Crippen molar-refractivity contribution < 1.29 is 8.78 Å². The number of hydrogen-bond donors (Lipinski definition) is 1. The first kappa shape index (κ1) is 17.8. The third kappa shape index (κ3) is 4.74. The summed E-state index contributed by atoms with van der Waals surface area (Å²) < 4.78 is 26.3. The predicted molar refractivity (Wildman–Crippen MR) is 97.3 cm³/mol. The van der Waals surface area contributed by atoms with Gasteiger partial charge in [0.2, 0.25) is 0 Å². The van der Waals surface area contributed by atoms with Crippen molar-refractivity contribution in [2.24, 2.45) is 0 Å². The van der Waals surface area contributed by atoms with Crippen LogP contribution in [0.3, 0.4) is 0 Å². The smallest absolute Gasteiger partial charge is 0.159 e. The van der Waals surface area contributed by atoms with Gasteiger partial charge in [-0.2, -0.15) is 0 Å². The molecule has 2 aromatic carbocycles. The number of nitrogens with zero attached hydrogens (tertiary/aromatic N) is 1. The molecule has 2 aromatic rings. The molecule has 1 fully saturated rings. The van der Waals surface area contributed by atoms with E-state index in [9.17, 15) is 8.78 Å². The van der Waals surface area contributed by atoms with Crippen molar-refractivity contribution in [3.63, 3.8) is 0 Å². The second-order valence-electron chi connectivity index (χ2n) is 6.81. The highest BCUT2D eigenvalue weighted by atomic mass is 19.2. The molecule has 1 saturated carbocycles. The number of nitrogens with one attached hydrogen (secondary N) is 1. The second-order valence-corrected chi connectivity index (χ2v) is 6.81. The second kappa shape index (κ2) is 7.89. The normalized spacial score (nSPS) is 19.2. The van der Waals surface area contributed by atoms with E-state index in [0.717, 1.165) is 31.6 Å². The van der Waals surface area contributed by atoms with Gasteiger partial charge in [0, 0.05) is 31.6 Å². The van der Waals surface area contributed by atoms with Crippen LogP contribution < -0.4 is 5.32 Å². The number of rotatable bonds is 8. The Kier molecular flexibility index (Phi) is 5.61. The van der Waals surface area contributed by atoms with Crippen LogP contribution in [-0.4, -0.2) is 24.5 Å². The van der Waals surface area contributed by atoms with Crippen LogP contribution in [0.1, 0.15) is 29.0 Å². The lowest BCUT2D eigenvalue weighted by atomic mass is 10.1. The van der Waals surface area contributed by atoms with Crippen molar-refractivity contribution in [3.8, 4) is 0 Å². The first-order valence-electron chi connectivity index (χ1n) is 8.62. The molecule has 0 amide bonds. The average Bonchev–Trinajstić information content (AvgIpc) is 3.37. The molecule has 1 aliphatic rings. The molecule has 0 saturated heterocycles. The van der Waals surface area contributed by atoms with Crippen molar-refractivity contribution in [2.45, 2.75) is 31.5 Å². The van der Waals surface area contributed by atoms with E-state index < -0.39 is 11.6 Å². The van der Waals surface area contributed by atoms with Crippen LogP contribution in [-0.2, 0) is 13.1 Å². The van der Waals surface area contributed by atoms with E-state index in [4.69, 9.17) is 0 Å². The Hall–Kier alpha value is -2.04.